The molecule has 14 heteroatoms. The van der Waals surface area contributed by atoms with Crippen LogP contribution in [0.5, 0.6) is 0 Å². The largest absolute Gasteiger partial charge is 0.382 e. The molecule has 0 aromatic carbocycles. The van der Waals surface area contributed by atoms with E-state index in [0.29, 0.717) is 106 Å². The Morgan fingerprint density at radius 2 is 0.481 bits per heavy atom. The molecule has 0 saturated heterocycles. The van der Waals surface area contributed by atoms with Crippen molar-refractivity contribution in [3.05, 3.63) is 0 Å². The fourth-order valence-corrected chi connectivity index (χ4v) is 3.24. The molecule has 0 spiro atoms. The molecular weight excluding hydrogens is 680 g/mol. The van der Waals surface area contributed by atoms with Crippen LogP contribution in [0.15, 0.2) is 0 Å². The molecule has 0 aliphatic rings. The van der Waals surface area contributed by atoms with Gasteiger partial charge in [0.15, 0.2) is 0 Å². The van der Waals surface area contributed by atoms with Crippen molar-refractivity contribution >= 4 is 0 Å². The van der Waals surface area contributed by atoms with Crippen LogP contribution in [0.1, 0.15) is 74.3 Å². The summed E-state index contributed by atoms with van der Waals surface area (Å²) in [6.45, 7) is 7.75. The summed E-state index contributed by atoms with van der Waals surface area (Å²) in [5.41, 5.74) is 0. The SMILES string of the molecule is C.C.C.C.C.C.C.C.C.C.COCC(COC)OCCOC(COC)COC.COCCOCC(OCCOC)C(COCCOC)OCCOC. The highest BCUT2D eigenvalue weighted by molar-refractivity contribution is 4.71. The second-order valence-electron chi connectivity index (χ2n) is 8.75. The molecule has 52 heavy (non-hydrogen) atoms. The molecule has 0 aliphatic carbocycles. The summed E-state index contributed by atoms with van der Waals surface area (Å²) in [4.78, 5) is 0. The highest BCUT2D eigenvalue weighted by Gasteiger charge is 2.24. The minimum atomic E-state index is -0.267. The van der Waals surface area contributed by atoms with Gasteiger partial charge in [0, 0.05) is 56.9 Å². The zero-order valence-electron chi connectivity index (χ0n) is 27.3. The number of hydrogen-bond donors (Lipinski definition) is 0. The molecule has 0 aromatic rings. The molecule has 0 aliphatic heterocycles. The summed E-state index contributed by atoms with van der Waals surface area (Å²) in [6.07, 6.45) is -0.661. The quantitative estimate of drug-likeness (QED) is 0.0645. The van der Waals surface area contributed by atoms with Gasteiger partial charge in [-0.1, -0.05) is 74.3 Å². The van der Waals surface area contributed by atoms with Crippen LogP contribution in [-0.2, 0) is 66.3 Å². The number of ether oxygens (including phenoxy) is 14. The summed E-state index contributed by atoms with van der Waals surface area (Å²) in [5, 5.41) is 0. The summed E-state index contributed by atoms with van der Waals surface area (Å²) in [6, 6.07) is 0. The van der Waals surface area contributed by atoms with Crippen molar-refractivity contribution in [3.8, 4) is 0 Å². The Hall–Kier alpha value is -0.560. The van der Waals surface area contributed by atoms with E-state index in [4.69, 9.17) is 66.3 Å². The van der Waals surface area contributed by atoms with Crippen LogP contribution in [0.25, 0.3) is 0 Å². The minimum Gasteiger partial charge on any atom is -0.382 e. The summed E-state index contributed by atoms with van der Waals surface area (Å²) < 4.78 is 74.2. The first-order valence-electron chi connectivity index (χ1n) is 14.1. The molecule has 336 valence electrons. The second-order valence-corrected chi connectivity index (χ2v) is 8.75. The minimum absolute atomic E-state index is 0. The van der Waals surface area contributed by atoms with Gasteiger partial charge in [0.25, 0.3) is 0 Å². The van der Waals surface area contributed by atoms with Gasteiger partial charge in [-0.25, -0.2) is 0 Å². The van der Waals surface area contributed by atoms with Crippen LogP contribution >= 0.6 is 0 Å². The van der Waals surface area contributed by atoms with E-state index < -0.39 is 0 Å². The molecule has 0 fully saturated rings. The molecular formula is C38H100O14. The van der Waals surface area contributed by atoms with Crippen molar-refractivity contribution in [2.75, 3.05) is 163 Å². The monoisotopic (exact) mass is 781 g/mol. The van der Waals surface area contributed by atoms with Crippen LogP contribution in [0.4, 0.5) is 0 Å². The molecule has 2 unspecified atom stereocenters. The molecule has 0 radical (unpaired) electrons. The van der Waals surface area contributed by atoms with Crippen LogP contribution in [-0.4, -0.2) is 187 Å². The second kappa shape index (κ2) is 71.8. The lowest BCUT2D eigenvalue weighted by atomic mass is 10.2. The smallest absolute Gasteiger partial charge is 0.109 e. The van der Waals surface area contributed by atoms with Crippen molar-refractivity contribution in [3.63, 3.8) is 0 Å². The molecule has 0 rings (SSSR count). The van der Waals surface area contributed by atoms with Gasteiger partial charge in [0.1, 0.15) is 24.4 Å². The van der Waals surface area contributed by atoms with Gasteiger partial charge < -0.3 is 66.3 Å². The normalized spacial score (nSPS) is 10.5. The molecule has 0 bridgehead atoms. The maximum atomic E-state index is 5.84. The zero-order valence-corrected chi connectivity index (χ0v) is 27.3. The summed E-state index contributed by atoms with van der Waals surface area (Å²) in [5.74, 6) is 0. The molecule has 14 nitrogen and oxygen atoms in total. The predicted molar refractivity (Wildman–Crippen MR) is 223 cm³/mol. The van der Waals surface area contributed by atoms with E-state index in [2.05, 4.69) is 0 Å². The van der Waals surface area contributed by atoms with Gasteiger partial charge in [-0.05, 0) is 0 Å². The molecule has 0 saturated carbocycles. The van der Waals surface area contributed by atoms with Crippen LogP contribution in [0, 0.1) is 0 Å². The van der Waals surface area contributed by atoms with Crippen molar-refractivity contribution in [2.24, 2.45) is 0 Å². The molecule has 0 amide bonds. The molecule has 2 atom stereocenters. The number of hydrogen-bond acceptors (Lipinski definition) is 14. The van der Waals surface area contributed by atoms with Gasteiger partial charge >= 0.3 is 0 Å². The van der Waals surface area contributed by atoms with E-state index in [0.717, 1.165) is 0 Å². The van der Waals surface area contributed by atoms with Gasteiger partial charge in [-0.15, -0.1) is 0 Å². The first-order valence-corrected chi connectivity index (χ1v) is 14.1. The lowest BCUT2D eigenvalue weighted by molar-refractivity contribution is -0.139. The first kappa shape index (κ1) is 84.1. The van der Waals surface area contributed by atoms with Crippen LogP contribution < -0.4 is 0 Å². The standard InChI is InChI=1S/C16H34O8.C12H26O6.10CH4/c1-17-5-9-21-13-15(23-11-7-19-3)16(24-12-8-20-4)14-22-10-6-18-2;1-13-7-11(8-14-2)17-5-6-18-12(9-15-3)10-16-4;;;;;;;;;;/h15-16H,5-14H2,1-4H3;11-12H,5-10H2,1-4H3;10*1H4. The van der Waals surface area contributed by atoms with E-state index in [1.165, 1.54) is 0 Å². The Labute approximate surface area is 327 Å². The average Bonchev–Trinajstić information content (AvgIpc) is 2.99. The van der Waals surface area contributed by atoms with Crippen molar-refractivity contribution in [1.82, 2.24) is 0 Å². The summed E-state index contributed by atoms with van der Waals surface area (Å²) in [7, 11) is 13.1. The van der Waals surface area contributed by atoms with E-state index in [-0.39, 0.29) is 98.7 Å². The van der Waals surface area contributed by atoms with Gasteiger partial charge in [-0.3, -0.25) is 0 Å². The maximum Gasteiger partial charge on any atom is 0.109 e. The predicted octanol–water partition coefficient (Wildman–Crippen LogP) is 7.08. The lowest BCUT2D eigenvalue weighted by Gasteiger charge is -2.27. The van der Waals surface area contributed by atoms with Crippen molar-refractivity contribution in [1.29, 1.82) is 0 Å². The first-order chi connectivity index (χ1) is 20.6. The van der Waals surface area contributed by atoms with Crippen LogP contribution in [0.3, 0.4) is 0 Å². The van der Waals surface area contributed by atoms with Crippen molar-refractivity contribution in [2.45, 2.75) is 98.7 Å². The highest BCUT2D eigenvalue weighted by Crippen LogP contribution is 2.08. The fraction of sp³-hybridized carbons (Fsp3) is 1.00. The zero-order chi connectivity index (χ0) is 31.5. The Morgan fingerprint density at radius 1 is 0.250 bits per heavy atom. The van der Waals surface area contributed by atoms with Gasteiger partial charge in [0.05, 0.1) is 106 Å². The van der Waals surface area contributed by atoms with Crippen LogP contribution in [0.2, 0.25) is 0 Å². The highest BCUT2D eigenvalue weighted by atomic mass is 16.6. The number of rotatable bonds is 32. The molecule has 0 aromatic heterocycles. The van der Waals surface area contributed by atoms with Crippen molar-refractivity contribution < 1.29 is 66.3 Å². The Kier molecular flexibility index (Phi) is 116. The third kappa shape index (κ3) is 58.7. The molecule has 0 N–H and O–H groups in total. The Morgan fingerprint density at radius 3 is 0.712 bits per heavy atom. The Bertz CT molecular complexity index is 443. The molecule has 0 heterocycles. The van der Waals surface area contributed by atoms with E-state index in [1.807, 2.05) is 0 Å². The average molecular weight is 781 g/mol. The van der Waals surface area contributed by atoms with E-state index in [1.54, 1.807) is 56.9 Å². The third-order valence-corrected chi connectivity index (χ3v) is 5.28. The third-order valence-electron chi connectivity index (χ3n) is 5.28. The maximum absolute atomic E-state index is 5.84. The lowest BCUT2D eigenvalue weighted by Crippen LogP contribution is -2.40. The van der Waals surface area contributed by atoms with E-state index >= 15 is 0 Å². The van der Waals surface area contributed by atoms with Gasteiger partial charge in [0.2, 0.25) is 0 Å². The Balaban J connectivity index is -0.0000000529. The summed E-state index contributed by atoms with van der Waals surface area (Å²) >= 11 is 0. The van der Waals surface area contributed by atoms with Gasteiger partial charge in [-0.2, -0.15) is 0 Å². The number of methoxy groups -OCH3 is 8. The fourth-order valence-electron chi connectivity index (χ4n) is 3.24. The van der Waals surface area contributed by atoms with E-state index in [9.17, 15) is 0 Å². The topological polar surface area (TPSA) is 129 Å².